The third-order valence-corrected chi connectivity index (χ3v) is 3.28. The Hall–Kier alpha value is -1.51. The fourth-order valence-corrected chi connectivity index (χ4v) is 2.07. The van der Waals surface area contributed by atoms with Crippen molar-refractivity contribution in [3.63, 3.8) is 0 Å². The van der Waals surface area contributed by atoms with Gasteiger partial charge in [-0.3, -0.25) is 0 Å². The summed E-state index contributed by atoms with van der Waals surface area (Å²) in [7, 11) is 0. The second kappa shape index (κ2) is 5.01. The fraction of sp³-hybridized carbons (Fsp3) is 0.0714. The van der Waals surface area contributed by atoms with Crippen LogP contribution in [0, 0.1) is 6.92 Å². The Morgan fingerprint density at radius 2 is 1.78 bits per heavy atom. The minimum atomic E-state index is -1.00. The van der Waals surface area contributed by atoms with Crippen LogP contribution >= 0.6 is 23.2 Å². The van der Waals surface area contributed by atoms with E-state index in [0.29, 0.717) is 10.0 Å². The number of carbonyl (C=O) groups is 1. The van der Waals surface area contributed by atoms with Gasteiger partial charge >= 0.3 is 5.97 Å². The van der Waals surface area contributed by atoms with Gasteiger partial charge in [-0.05, 0) is 47.9 Å². The summed E-state index contributed by atoms with van der Waals surface area (Å²) in [6.07, 6.45) is 0. The predicted molar refractivity (Wildman–Crippen MR) is 73.6 cm³/mol. The Balaban J connectivity index is 2.56. The highest BCUT2D eigenvalue weighted by Crippen LogP contribution is 2.28. The fourth-order valence-electron chi connectivity index (χ4n) is 1.65. The number of rotatable bonds is 2. The van der Waals surface area contributed by atoms with Gasteiger partial charge in [-0.1, -0.05) is 35.3 Å². The molecule has 0 aliphatic rings. The molecule has 0 saturated heterocycles. The number of carboxylic acids is 1. The second-order valence-electron chi connectivity index (χ2n) is 4.00. The van der Waals surface area contributed by atoms with Crippen molar-refractivity contribution in [1.29, 1.82) is 0 Å². The van der Waals surface area contributed by atoms with Gasteiger partial charge in [0.05, 0.1) is 5.56 Å². The summed E-state index contributed by atoms with van der Waals surface area (Å²) in [5, 5.41) is 10.0. The molecule has 0 unspecified atom stereocenters. The molecule has 0 aromatic heterocycles. The molecule has 0 atom stereocenters. The van der Waals surface area contributed by atoms with Gasteiger partial charge in [0, 0.05) is 10.0 Å². The van der Waals surface area contributed by atoms with Crippen LogP contribution in [0.25, 0.3) is 11.1 Å². The quantitative estimate of drug-likeness (QED) is 0.868. The van der Waals surface area contributed by atoms with Crippen molar-refractivity contribution >= 4 is 29.2 Å². The molecule has 0 radical (unpaired) electrons. The summed E-state index contributed by atoms with van der Waals surface area (Å²) < 4.78 is 0. The molecule has 2 rings (SSSR count). The third kappa shape index (κ3) is 2.66. The van der Waals surface area contributed by atoms with E-state index in [1.54, 1.807) is 18.2 Å². The largest absolute Gasteiger partial charge is 0.478 e. The zero-order chi connectivity index (χ0) is 13.3. The highest BCUT2D eigenvalue weighted by molar-refractivity contribution is 6.32. The van der Waals surface area contributed by atoms with E-state index in [4.69, 9.17) is 28.3 Å². The highest BCUT2D eigenvalue weighted by Gasteiger charge is 2.08. The lowest BCUT2D eigenvalue weighted by molar-refractivity contribution is 0.0697. The third-order valence-electron chi connectivity index (χ3n) is 2.65. The van der Waals surface area contributed by atoms with E-state index in [9.17, 15) is 4.79 Å². The first-order chi connectivity index (χ1) is 8.47. The molecular formula is C14H10Cl2O2. The summed E-state index contributed by atoms with van der Waals surface area (Å²) in [4.78, 5) is 11.0. The summed E-state index contributed by atoms with van der Waals surface area (Å²) in [6, 6.07) is 10.3. The molecule has 0 bridgehead atoms. The van der Waals surface area contributed by atoms with Gasteiger partial charge in [-0.15, -0.1) is 0 Å². The standard InChI is InChI=1S/C14H10Cl2O2/c1-8-2-3-9(7-13(8)16)10-4-11(14(17)18)6-12(15)5-10/h2-7H,1H3,(H,17,18). The van der Waals surface area contributed by atoms with Crippen LogP contribution in [0.3, 0.4) is 0 Å². The molecule has 0 amide bonds. The number of hydrogen-bond donors (Lipinski definition) is 1. The van der Waals surface area contributed by atoms with Gasteiger partial charge in [0.25, 0.3) is 0 Å². The van der Waals surface area contributed by atoms with Crippen LogP contribution in [0.15, 0.2) is 36.4 Å². The Kier molecular flexibility index (Phi) is 3.60. The zero-order valence-electron chi connectivity index (χ0n) is 9.58. The van der Waals surface area contributed by atoms with E-state index in [1.165, 1.54) is 6.07 Å². The maximum Gasteiger partial charge on any atom is 0.335 e. The molecule has 0 heterocycles. The maximum absolute atomic E-state index is 11.0. The van der Waals surface area contributed by atoms with E-state index >= 15 is 0 Å². The molecule has 0 aliphatic heterocycles. The monoisotopic (exact) mass is 280 g/mol. The normalized spacial score (nSPS) is 10.4. The van der Waals surface area contributed by atoms with E-state index in [2.05, 4.69) is 0 Å². The lowest BCUT2D eigenvalue weighted by Gasteiger charge is -2.06. The molecule has 0 fully saturated rings. The van der Waals surface area contributed by atoms with Crippen LogP contribution in [-0.2, 0) is 0 Å². The number of carboxylic acid groups (broad SMARTS) is 1. The van der Waals surface area contributed by atoms with E-state index < -0.39 is 5.97 Å². The number of aromatic carboxylic acids is 1. The first kappa shape index (κ1) is 12.9. The van der Waals surface area contributed by atoms with Gasteiger partial charge in [0.1, 0.15) is 0 Å². The summed E-state index contributed by atoms with van der Waals surface area (Å²) in [5.41, 5.74) is 2.72. The summed E-state index contributed by atoms with van der Waals surface area (Å²) in [5.74, 6) is -1.00. The average Bonchev–Trinajstić information content (AvgIpc) is 2.31. The van der Waals surface area contributed by atoms with Crippen molar-refractivity contribution in [3.8, 4) is 11.1 Å². The Morgan fingerprint density at radius 3 is 2.39 bits per heavy atom. The number of halogens is 2. The maximum atomic E-state index is 11.0. The van der Waals surface area contributed by atoms with Crippen LogP contribution in [0.2, 0.25) is 10.0 Å². The molecule has 2 aromatic rings. The van der Waals surface area contributed by atoms with E-state index in [-0.39, 0.29) is 5.56 Å². The lowest BCUT2D eigenvalue weighted by atomic mass is 10.0. The van der Waals surface area contributed by atoms with Crippen molar-refractivity contribution in [2.45, 2.75) is 6.92 Å². The van der Waals surface area contributed by atoms with Crippen LogP contribution in [-0.4, -0.2) is 11.1 Å². The molecule has 1 N–H and O–H groups in total. The Morgan fingerprint density at radius 1 is 1.06 bits per heavy atom. The van der Waals surface area contributed by atoms with Crippen LogP contribution in [0.4, 0.5) is 0 Å². The van der Waals surface area contributed by atoms with E-state index in [0.717, 1.165) is 16.7 Å². The smallest absolute Gasteiger partial charge is 0.335 e. The minimum absolute atomic E-state index is 0.161. The Labute approximate surface area is 115 Å². The molecule has 4 heteroatoms. The van der Waals surface area contributed by atoms with Crippen molar-refractivity contribution in [3.05, 3.63) is 57.6 Å². The number of benzene rings is 2. The van der Waals surface area contributed by atoms with Crippen molar-refractivity contribution in [2.24, 2.45) is 0 Å². The number of aryl methyl sites for hydroxylation is 1. The number of hydrogen-bond acceptors (Lipinski definition) is 1. The molecule has 2 aromatic carbocycles. The first-order valence-corrected chi connectivity index (χ1v) is 6.03. The zero-order valence-corrected chi connectivity index (χ0v) is 11.1. The molecule has 0 aliphatic carbocycles. The summed E-state index contributed by atoms with van der Waals surface area (Å²) in [6.45, 7) is 1.91. The molecule has 92 valence electrons. The molecule has 18 heavy (non-hydrogen) atoms. The van der Waals surface area contributed by atoms with Gasteiger partial charge < -0.3 is 5.11 Å². The topological polar surface area (TPSA) is 37.3 Å². The van der Waals surface area contributed by atoms with Gasteiger partial charge in [0.15, 0.2) is 0 Å². The SMILES string of the molecule is Cc1ccc(-c2cc(Cl)cc(C(=O)O)c2)cc1Cl. The van der Waals surface area contributed by atoms with Crippen molar-refractivity contribution in [2.75, 3.05) is 0 Å². The van der Waals surface area contributed by atoms with Crippen molar-refractivity contribution in [1.82, 2.24) is 0 Å². The highest BCUT2D eigenvalue weighted by atomic mass is 35.5. The van der Waals surface area contributed by atoms with Crippen LogP contribution in [0.5, 0.6) is 0 Å². The first-order valence-electron chi connectivity index (χ1n) is 5.28. The van der Waals surface area contributed by atoms with Gasteiger partial charge in [-0.25, -0.2) is 4.79 Å². The van der Waals surface area contributed by atoms with Gasteiger partial charge in [-0.2, -0.15) is 0 Å². The van der Waals surface area contributed by atoms with Crippen LogP contribution in [0.1, 0.15) is 15.9 Å². The van der Waals surface area contributed by atoms with Gasteiger partial charge in [0.2, 0.25) is 0 Å². The average molecular weight is 281 g/mol. The molecule has 2 nitrogen and oxygen atoms in total. The molecule has 0 spiro atoms. The van der Waals surface area contributed by atoms with Crippen molar-refractivity contribution < 1.29 is 9.90 Å². The predicted octanol–water partition coefficient (Wildman–Crippen LogP) is 4.67. The van der Waals surface area contributed by atoms with E-state index in [1.807, 2.05) is 19.1 Å². The Bertz CT molecular complexity index is 621. The summed E-state index contributed by atoms with van der Waals surface area (Å²) >= 11 is 12.0. The second-order valence-corrected chi connectivity index (χ2v) is 4.84. The molecule has 0 saturated carbocycles. The lowest BCUT2D eigenvalue weighted by Crippen LogP contribution is -1.96. The minimum Gasteiger partial charge on any atom is -0.478 e. The van der Waals surface area contributed by atoms with Crippen LogP contribution < -0.4 is 0 Å². The molecular weight excluding hydrogens is 271 g/mol.